The van der Waals surface area contributed by atoms with Gasteiger partial charge in [0, 0.05) is 16.1 Å². The van der Waals surface area contributed by atoms with Crippen LogP contribution in [0.4, 0.5) is 4.39 Å². The summed E-state index contributed by atoms with van der Waals surface area (Å²) in [7, 11) is 0. The third-order valence-corrected chi connectivity index (χ3v) is 2.97. The average Bonchev–Trinajstić information content (AvgIpc) is 2.34. The molecule has 0 aliphatic heterocycles. The predicted molar refractivity (Wildman–Crippen MR) is 72.3 cm³/mol. The lowest BCUT2D eigenvalue weighted by molar-refractivity contribution is 0.269. The van der Waals surface area contributed by atoms with Gasteiger partial charge >= 0.3 is 0 Å². The topological polar surface area (TPSA) is 21.3 Å². The van der Waals surface area contributed by atoms with Gasteiger partial charge in [-0.3, -0.25) is 0 Å². The maximum atomic E-state index is 12.1. The summed E-state index contributed by atoms with van der Waals surface area (Å²) in [4.78, 5) is 0. The average molecular weight is 304 g/mol. The van der Waals surface area contributed by atoms with E-state index in [9.17, 15) is 4.39 Å². The number of rotatable bonds is 7. The third-order valence-electron chi connectivity index (χ3n) is 2.47. The minimum Gasteiger partial charge on any atom is -0.491 e. The lowest BCUT2D eigenvalue weighted by Crippen LogP contribution is -2.20. The zero-order valence-corrected chi connectivity index (χ0v) is 11.9. The second-order valence-electron chi connectivity index (χ2n) is 3.90. The predicted octanol–water partition coefficient (Wildman–Crippen LogP) is 3.86. The Morgan fingerprint density at radius 2 is 2.24 bits per heavy atom. The van der Waals surface area contributed by atoms with Gasteiger partial charge in [0.15, 0.2) is 0 Å². The highest BCUT2D eigenvalue weighted by Crippen LogP contribution is 2.28. The first-order chi connectivity index (χ1) is 8.19. The fourth-order valence-electron chi connectivity index (χ4n) is 1.61. The Morgan fingerprint density at radius 3 is 2.88 bits per heavy atom. The van der Waals surface area contributed by atoms with E-state index in [1.54, 1.807) is 0 Å². The zero-order chi connectivity index (χ0) is 12.7. The second-order valence-corrected chi connectivity index (χ2v) is 4.81. The van der Waals surface area contributed by atoms with E-state index in [4.69, 9.17) is 4.74 Å². The summed E-state index contributed by atoms with van der Waals surface area (Å²) < 4.78 is 18.6. The minimum atomic E-state index is -0.466. The first kappa shape index (κ1) is 14.5. The van der Waals surface area contributed by atoms with Crippen molar-refractivity contribution in [2.75, 3.05) is 19.8 Å². The molecular formula is C13H19BrFNO. The van der Waals surface area contributed by atoms with Gasteiger partial charge in [-0.15, -0.1) is 0 Å². The van der Waals surface area contributed by atoms with Gasteiger partial charge in [0.1, 0.15) is 19.0 Å². The molecule has 1 unspecified atom stereocenters. The van der Waals surface area contributed by atoms with Gasteiger partial charge in [-0.25, -0.2) is 4.39 Å². The normalized spacial score (nSPS) is 12.5. The van der Waals surface area contributed by atoms with E-state index in [0.29, 0.717) is 0 Å². The highest BCUT2D eigenvalue weighted by atomic mass is 79.9. The second kappa shape index (κ2) is 7.67. The molecule has 0 aromatic heterocycles. The molecule has 17 heavy (non-hydrogen) atoms. The van der Waals surface area contributed by atoms with E-state index in [1.165, 1.54) is 0 Å². The van der Waals surface area contributed by atoms with Crippen LogP contribution in [0, 0.1) is 0 Å². The van der Waals surface area contributed by atoms with Crippen LogP contribution in [0.1, 0.15) is 31.9 Å². The number of benzene rings is 1. The van der Waals surface area contributed by atoms with E-state index in [1.807, 2.05) is 18.2 Å². The molecule has 1 rings (SSSR count). The van der Waals surface area contributed by atoms with Crippen molar-refractivity contribution >= 4 is 15.9 Å². The number of alkyl halides is 1. The van der Waals surface area contributed by atoms with Crippen molar-refractivity contribution in [1.29, 1.82) is 0 Å². The number of ether oxygens (including phenoxy) is 1. The standard InChI is InChI=1S/C13H19BrFNO/c1-3-7-16-10(2)12-9-11(14)4-5-13(12)17-8-6-15/h4-5,9-10,16H,3,6-8H2,1-2H3. The lowest BCUT2D eigenvalue weighted by Gasteiger charge is -2.18. The van der Waals surface area contributed by atoms with Crippen molar-refractivity contribution < 1.29 is 9.13 Å². The van der Waals surface area contributed by atoms with Crippen LogP contribution in [-0.4, -0.2) is 19.8 Å². The molecule has 0 spiro atoms. The Labute approximate surface area is 111 Å². The smallest absolute Gasteiger partial charge is 0.124 e. The van der Waals surface area contributed by atoms with Crippen LogP contribution in [0.3, 0.4) is 0 Å². The maximum Gasteiger partial charge on any atom is 0.124 e. The van der Waals surface area contributed by atoms with E-state index >= 15 is 0 Å². The molecule has 0 heterocycles. The molecule has 4 heteroatoms. The van der Waals surface area contributed by atoms with Crippen molar-refractivity contribution in [3.8, 4) is 5.75 Å². The molecule has 0 aliphatic rings. The quantitative estimate of drug-likeness (QED) is 0.826. The maximum absolute atomic E-state index is 12.1. The summed E-state index contributed by atoms with van der Waals surface area (Å²) in [5, 5.41) is 3.40. The molecule has 2 nitrogen and oxygen atoms in total. The Bertz CT molecular complexity index is 346. The summed E-state index contributed by atoms with van der Waals surface area (Å²) in [5.74, 6) is 0.752. The van der Waals surface area contributed by atoms with Gasteiger partial charge in [0.05, 0.1) is 0 Å². The Morgan fingerprint density at radius 1 is 1.47 bits per heavy atom. The summed E-state index contributed by atoms with van der Waals surface area (Å²) in [6, 6.07) is 5.99. The van der Waals surface area contributed by atoms with Gasteiger partial charge in [0.2, 0.25) is 0 Å². The van der Waals surface area contributed by atoms with Crippen LogP contribution in [0.25, 0.3) is 0 Å². The van der Waals surface area contributed by atoms with Crippen molar-refractivity contribution in [2.24, 2.45) is 0 Å². The van der Waals surface area contributed by atoms with Crippen molar-refractivity contribution in [3.05, 3.63) is 28.2 Å². The molecule has 1 atom stereocenters. The number of hydrogen-bond donors (Lipinski definition) is 1. The lowest BCUT2D eigenvalue weighted by atomic mass is 10.1. The van der Waals surface area contributed by atoms with Gasteiger partial charge < -0.3 is 10.1 Å². The first-order valence-corrected chi connectivity index (χ1v) is 6.70. The number of nitrogens with one attached hydrogen (secondary N) is 1. The number of hydrogen-bond acceptors (Lipinski definition) is 2. The number of halogens is 2. The zero-order valence-electron chi connectivity index (χ0n) is 10.3. The molecule has 0 saturated carbocycles. The Balaban J connectivity index is 2.81. The Hall–Kier alpha value is -0.610. The minimum absolute atomic E-state index is 0.106. The molecule has 0 radical (unpaired) electrons. The fraction of sp³-hybridized carbons (Fsp3) is 0.538. The van der Waals surface area contributed by atoms with Crippen molar-refractivity contribution in [2.45, 2.75) is 26.3 Å². The fourth-order valence-corrected chi connectivity index (χ4v) is 1.99. The SMILES string of the molecule is CCCNC(C)c1cc(Br)ccc1OCCF. The molecule has 0 aliphatic carbocycles. The van der Waals surface area contributed by atoms with Crippen LogP contribution in [0.15, 0.2) is 22.7 Å². The summed E-state index contributed by atoms with van der Waals surface area (Å²) in [5.41, 5.74) is 1.06. The van der Waals surface area contributed by atoms with E-state index < -0.39 is 6.67 Å². The molecule has 1 aromatic rings. The highest BCUT2D eigenvalue weighted by molar-refractivity contribution is 9.10. The van der Waals surface area contributed by atoms with E-state index in [-0.39, 0.29) is 12.6 Å². The van der Waals surface area contributed by atoms with Gasteiger partial charge in [-0.2, -0.15) is 0 Å². The van der Waals surface area contributed by atoms with Crippen LogP contribution in [0.2, 0.25) is 0 Å². The van der Waals surface area contributed by atoms with Gasteiger partial charge in [-0.1, -0.05) is 22.9 Å². The molecular weight excluding hydrogens is 285 g/mol. The van der Waals surface area contributed by atoms with E-state index in [2.05, 4.69) is 35.1 Å². The van der Waals surface area contributed by atoms with Crippen LogP contribution < -0.4 is 10.1 Å². The summed E-state index contributed by atoms with van der Waals surface area (Å²) in [6.07, 6.45) is 1.08. The van der Waals surface area contributed by atoms with Gasteiger partial charge in [-0.05, 0) is 38.1 Å². The molecule has 0 fully saturated rings. The van der Waals surface area contributed by atoms with Crippen molar-refractivity contribution in [3.63, 3.8) is 0 Å². The van der Waals surface area contributed by atoms with E-state index in [0.717, 1.165) is 28.8 Å². The third kappa shape index (κ3) is 4.64. The molecule has 1 N–H and O–H groups in total. The van der Waals surface area contributed by atoms with Gasteiger partial charge in [0.25, 0.3) is 0 Å². The highest BCUT2D eigenvalue weighted by Gasteiger charge is 2.11. The monoisotopic (exact) mass is 303 g/mol. The van der Waals surface area contributed by atoms with Crippen LogP contribution >= 0.6 is 15.9 Å². The largest absolute Gasteiger partial charge is 0.491 e. The molecule has 1 aromatic carbocycles. The molecule has 0 amide bonds. The van der Waals surface area contributed by atoms with Crippen LogP contribution in [0.5, 0.6) is 5.75 Å². The summed E-state index contributed by atoms with van der Waals surface area (Å²) in [6.45, 7) is 4.80. The van der Waals surface area contributed by atoms with Crippen LogP contribution in [-0.2, 0) is 0 Å². The Kier molecular flexibility index (Phi) is 6.52. The van der Waals surface area contributed by atoms with Crippen molar-refractivity contribution in [1.82, 2.24) is 5.32 Å². The summed E-state index contributed by atoms with van der Waals surface area (Å²) >= 11 is 3.44. The first-order valence-electron chi connectivity index (χ1n) is 5.90. The molecule has 96 valence electrons. The molecule has 0 bridgehead atoms. The molecule has 0 saturated heterocycles.